The molecule has 0 aromatic heterocycles. The number of Topliss-reactive ketones (excluding diaryl/α,β-unsaturated/α-hetero) is 1. The smallest absolute Gasteiger partial charge is 0.344 e. The number of rotatable bonds is 6. The van der Waals surface area contributed by atoms with Crippen LogP contribution < -0.4 is 4.74 Å². The van der Waals surface area contributed by atoms with Crippen LogP contribution in [0, 0.1) is 0 Å². The molecule has 114 valence electrons. The third-order valence-corrected chi connectivity index (χ3v) is 3.65. The first-order valence-electron chi connectivity index (χ1n) is 6.38. The van der Waals surface area contributed by atoms with Crippen molar-refractivity contribution >= 4 is 39.3 Å². The molecule has 0 aliphatic heterocycles. The molecule has 4 nitrogen and oxygen atoms in total. The van der Waals surface area contributed by atoms with E-state index in [9.17, 15) is 9.59 Å². The van der Waals surface area contributed by atoms with Gasteiger partial charge in [0.2, 0.25) is 5.78 Å². The van der Waals surface area contributed by atoms with E-state index in [0.29, 0.717) is 20.8 Å². The van der Waals surface area contributed by atoms with Gasteiger partial charge in [0, 0.05) is 15.1 Å². The van der Waals surface area contributed by atoms with E-state index in [-0.39, 0.29) is 19.0 Å². The van der Waals surface area contributed by atoms with Crippen LogP contribution in [0.1, 0.15) is 10.4 Å². The maximum Gasteiger partial charge on any atom is 0.344 e. The number of carbonyl (C=O) groups excluding carboxylic acids is 2. The number of halogens is 2. The van der Waals surface area contributed by atoms with Crippen molar-refractivity contribution in [2.24, 2.45) is 0 Å². The number of ketones is 1. The van der Waals surface area contributed by atoms with Gasteiger partial charge in [-0.25, -0.2) is 4.79 Å². The first kappa shape index (κ1) is 16.5. The van der Waals surface area contributed by atoms with Crippen molar-refractivity contribution in [3.63, 3.8) is 0 Å². The highest BCUT2D eigenvalue weighted by Crippen LogP contribution is 2.17. The lowest BCUT2D eigenvalue weighted by molar-refractivity contribution is -0.144. The molecule has 0 bridgehead atoms. The van der Waals surface area contributed by atoms with E-state index in [1.807, 2.05) is 0 Å². The van der Waals surface area contributed by atoms with Crippen LogP contribution in [-0.2, 0) is 9.53 Å². The van der Waals surface area contributed by atoms with Crippen molar-refractivity contribution in [3.05, 3.63) is 63.6 Å². The third-order valence-electron chi connectivity index (χ3n) is 2.71. The maximum atomic E-state index is 11.9. The zero-order valence-corrected chi connectivity index (χ0v) is 13.8. The minimum Gasteiger partial charge on any atom is -0.482 e. The highest BCUT2D eigenvalue weighted by atomic mass is 79.9. The molecule has 6 heteroatoms. The predicted octanol–water partition coefficient (Wildman–Crippen LogP) is 3.91. The Morgan fingerprint density at radius 2 is 1.68 bits per heavy atom. The molecule has 0 fully saturated rings. The second kappa shape index (κ2) is 7.96. The highest BCUT2D eigenvalue weighted by Gasteiger charge is 2.12. The predicted molar refractivity (Wildman–Crippen MR) is 86.4 cm³/mol. The fraction of sp³-hybridized carbons (Fsp3) is 0.125. The number of benzene rings is 2. The molecule has 0 aliphatic rings. The summed E-state index contributed by atoms with van der Waals surface area (Å²) in [6.45, 7) is -0.601. The SMILES string of the molecule is O=C(COc1ccc(Cl)cc1)OCC(=O)c1ccccc1Br. The first-order valence-corrected chi connectivity index (χ1v) is 7.55. The van der Waals surface area contributed by atoms with Crippen molar-refractivity contribution in [1.82, 2.24) is 0 Å². The second-order valence-corrected chi connectivity index (χ2v) is 5.60. The van der Waals surface area contributed by atoms with Crippen LogP contribution in [0.4, 0.5) is 0 Å². The molecule has 0 spiro atoms. The van der Waals surface area contributed by atoms with Gasteiger partial charge in [0.05, 0.1) is 0 Å². The molecule has 2 aromatic rings. The van der Waals surface area contributed by atoms with Crippen molar-refractivity contribution in [2.45, 2.75) is 0 Å². The lowest BCUT2D eigenvalue weighted by atomic mass is 10.1. The maximum absolute atomic E-state index is 11.9. The lowest BCUT2D eigenvalue weighted by Gasteiger charge is -2.07. The number of hydrogen-bond donors (Lipinski definition) is 0. The second-order valence-electron chi connectivity index (χ2n) is 4.31. The summed E-state index contributed by atoms with van der Waals surface area (Å²) in [7, 11) is 0. The molecule has 0 saturated carbocycles. The summed E-state index contributed by atoms with van der Waals surface area (Å²) in [5, 5.41) is 0.578. The Hall–Kier alpha value is -1.85. The Kier molecular flexibility index (Phi) is 5.98. The Labute approximate surface area is 141 Å². The molecule has 0 radical (unpaired) electrons. The monoisotopic (exact) mass is 382 g/mol. The summed E-state index contributed by atoms with van der Waals surface area (Å²) < 4.78 is 10.8. The zero-order valence-electron chi connectivity index (χ0n) is 11.4. The Morgan fingerprint density at radius 3 is 2.36 bits per heavy atom. The van der Waals surface area contributed by atoms with Crippen LogP contribution in [0.2, 0.25) is 5.02 Å². The van der Waals surface area contributed by atoms with Crippen LogP contribution in [0.25, 0.3) is 0 Å². The minimum atomic E-state index is -0.615. The molecule has 0 N–H and O–H groups in total. The molecule has 0 amide bonds. The van der Waals surface area contributed by atoms with E-state index in [4.69, 9.17) is 21.1 Å². The summed E-state index contributed by atoms with van der Waals surface area (Å²) >= 11 is 9.02. The molecule has 2 aromatic carbocycles. The van der Waals surface area contributed by atoms with Gasteiger partial charge in [0.25, 0.3) is 0 Å². The van der Waals surface area contributed by atoms with E-state index >= 15 is 0 Å². The van der Waals surface area contributed by atoms with Crippen molar-refractivity contribution in [1.29, 1.82) is 0 Å². The van der Waals surface area contributed by atoms with Gasteiger partial charge in [-0.1, -0.05) is 45.7 Å². The Balaban J connectivity index is 1.79. The fourth-order valence-electron chi connectivity index (χ4n) is 1.63. The molecular weight excluding hydrogens is 372 g/mol. The summed E-state index contributed by atoms with van der Waals surface area (Å²) in [4.78, 5) is 23.5. The summed E-state index contributed by atoms with van der Waals surface area (Å²) in [5.41, 5.74) is 0.467. The van der Waals surface area contributed by atoms with Gasteiger partial charge in [0.1, 0.15) is 5.75 Å². The Bertz CT molecular complexity index is 670. The largest absolute Gasteiger partial charge is 0.482 e. The normalized spacial score (nSPS) is 10.1. The average Bonchev–Trinajstić information content (AvgIpc) is 2.52. The highest BCUT2D eigenvalue weighted by molar-refractivity contribution is 9.10. The van der Waals surface area contributed by atoms with Gasteiger partial charge >= 0.3 is 5.97 Å². The van der Waals surface area contributed by atoms with Gasteiger partial charge in [-0.05, 0) is 30.3 Å². The fourth-order valence-corrected chi connectivity index (χ4v) is 2.26. The Morgan fingerprint density at radius 1 is 1.00 bits per heavy atom. The summed E-state index contributed by atoms with van der Waals surface area (Å²) in [6.07, 6.45) is 0. The third kappa shape index (κ3) is 4.86. The molecule has 0 heterocycles. The topological polar surface area (TPSA) is 52.6 Å². The minimum absolute atomic E-state index is 0.273. The average molecular weight is 384 g/mol. The molecule has 0 saturated heterocycles. The number of esters is 1. The van der Waals surface area contributed by atoms with E-state index in [1.54, 1.807) is 48.5 Å². The lowest BCUT2D eigenvalue weighted by Crippen LogP contribution is -2.19. The molecule has 22 heavy (non-hydrogen) atoms. The van der Waals surface area contributed by atoms with Crippen LogP contribution in [0.5, 0.6) is 5.75 Å². The van der Waals surface area contributed by atoms with Crippen LogP contribution in [-0.4, -0.2) is 25.0 Å². The molecule has 2 rings (SSSR count). The standard InChI is InChI=1S/C16H12BrClO4/c17-14-4-2-1-3-13(14)15(19)9-22-16(20)10-21-12-7-5-11(18)6-8-12/h1-8H,9-10H2. The van der Waals surface area contributed by atoms with Crippen LogP contribution in [0.15, 0.2) is 53.0 Å². The van der Waals surface area contributed by atoms with E-state index in [1.165, 1.54) is 0 Å². The molecule has 0 unspecified atom stereocenters. The van der Waals surface area contributed by atoms with Gasteiger partial charge in [0.15, 0.2) is 13.2 Å². The quantitative estimate of drug-likeness (QED) is 0.561. The van der Waals surface area contributed by atoms with Gasteiger partial charge in [-0.15, -0.1) is 0 Å². The van der Waals surface area contributed by atoms with E-state index < -0.39 is 5.97 Å². The van der Waals surface area contributed by atoms with Crippen LogP contribution in [0.3, 0.4) is 0 Å². The zero-order chi connectivity index (χ0) is 15.9. The van der Waals surface area contributed by atoms with Crippen molar-refractivity contribution in [2.75, 3.05) is 13.2 Å². The van der Waals surface area contributed by atoms with Crippen LogP contribution >= 0.6 is 27.5 Å². The van der Waals surface area contributed by atoms with E-state index in [0.717, 1.165) is 0 Å². The van der Waals surface area contributed by atoms with Gasteiger partial charge < -0.3 is 9.47 Å². The molecular formula is C16H12BrClO4. The molecule has 0 atom stereocenters. The number of ether oxygens (including phenoxy) is 2. The molecule has 0 aliphatic carbocycles. The van der Waals surface area contributed by atoms with Crippen molar-refractivity contribution in [3.8, 4) is 5.75 Å². The summed E-state index contributed by atoms with van der Waals surface area (Å²) in [5.74, 6) is -0.402. The number of carbonyl (C=O) groups is 2. The number of hydrogen-bond acceptors (Lipinski definition) is 4. The van der Waals surface area contributed by atoms with E-state index in [2.05, 4.69) is 15.9 Å². The van der Waals surface area contributed by atoms with Gasteiger partial charge in [-0.2, -0.15) is 0 Å². The first-order chi connectivity index (χ1) is 10.6. The van der Waals surface area contributed by atoms with Crippen molar-refractivity contribution < 1.29 is 19.1 Å². The summed E-state index contributed by atoms with van der Waals surface area (Å²) in [6, 6.07) is 13.5. The van der Waals surface area contributed by atoms with Gasteiger partial charge in [-0.3, -0.25) is 4.79 Å².